The number of aryl methyl sites for hydroxylation is 1. The summed E-state index contributed by atoms with van der Waals surface area (Å²) in [5, 5.41) is 7.25. The minimum Gasteiger partial charge on any atom is -0.385 e. The fourth-order valence-corrected chi connectivity index (χ4v) is 1.73. The highest BCUT2D eigenvalue weighted by Gasteiger charge is 2.34. The zero-order valence-corrected chi connectivity index (χ0v) is 8.29. The molecular formula is C8H9ClF2OS. The molecule has 0 fully saturated rings. The second-order valence-corrected chi connectivity index (χ2v) is 4.21. The summed E-state index contributed by atoms with van der Waals surface area (Å²) in [6.07, 6.45) is -1.35. The smallest absolute Gasteiger partial charge is 0.347 e. The van der Waals surface area contributed by atoms with Crippen LogP contribution in [0.3, 0.4) is 0 Å². The van der Waals surface area contributed by atoms with Crippen molar-refractivity contribution >= 4 is 22.9 Å². The van der Waals surface area contributed by atoms with E-state index in [0.29, 0.717) is 6.42 Å². The number of halogens is 3. The Hall–Kier alpha value is -0.190. The summed E-state index contributed by atoms with van der Waals surface area (Å²) < 4.78 is 24.5. The summed E-state index contributed by atoms with van der Waals surface area (Å²) in [4.78, 5) is 0.972. The van der Waals surface area contributed by atoms with Crippen LogP contribution in [0.2, 0.25) is 0 Å². The van der Waals surface area contributed by atoms with Crippen LogP contribution in [0.15, 0.2) is 17.5 Å². The zero-order chi connectivity index (χ0) is 9.90. The maximum Gasteiger partial charge on any atom is 0.347 e. The van der Waals surface area contributed by atoms with Crippen LogP contribution in [0.5, 0.6) is 0 Å². The van der Waals surface area contributed by atoms with Crippen molar-refractivity contribution in [3.8, 4) is 0 Å². The zero-order valence-electron chi connectivity index (χ0n) is 6.71. The molecular weight excluding hydrogens is 218 g/mol. The van der Waals surface area contributed by atoms with Crippen molar-refractivity contribution in [1.29, 1.82) is 0 Å². The molecule has 0 saturated carbocycles. The molecule has 1 rings (SSSR count). The monoisotopic (exact) mass is 226 g/mol. The van der Waals surface area contributed by atoms with Gasteiger partial charge in [0.2, 0.25) is 0 Å². The van der Waals surface area contributed by atoms with Gasteiger partial charge in [-0.15, -0.1) is 11.3 Å². The Morgan fingerprint density at radius 3 is 2.77 bits per heavy atom. The Morgan fingerprint density at radius 1 is 1.62 bits per heavy atom. The fraction of sp³-hybridized carbons (Fsp3) is 0.500. The SMILES string of the molecule is OC(CCc1cccs1)C(F)(F)Cl. The van der Waals surface area contributed by atoms with Gasteiger partial charge < -0.3 is 5.11 Å². The molecule has 0 saturated heterocycles. The van der Waals surface area contributed by atoms with E-state index in [0.717, 1.165) is 4.88 Å². The summed E-state index contributed by atoms with van der Waals surface area (Å²) >= 11 is 6.12. The van der Waals surface area contributed by atoms with Gasteiger partial charge in [-0.2, -0.15) is 8.78 Å². The van der Waals surface area contributed by atoms with Crippen molar-refractivity contribution in [3.05, 3.63) is 22.4 Å². The number of aliphatic hydroxyl groups is 1. The maximum atomic E-state index is 12.3. The summed E-state index contributed by atoms with van der Waals surface area (Å²) in [5.41, 5.74) is 0. The number of hydrogen-bond acceptors (Lipinski definition) is 2. The van der Waals surface area contributed by atoms with Gasteiger partial charge in [0.25, 0.3) is 0 Å². The van der Waals surface area contributed by atoms with E-state index in [1.165, 1.54) is 11.3 Å². The number of alkyl halides is 3. The molecule has 0 bridgehead atoms. The predicted molar refractivity (Wildman–Crippen MR) is 49.4 cm³/mol. The molecule has 1 aromatic heterocycles. The number of hydrogen-bond donors (Lipinski definition) is 1. The Labute approximate surface area is 84.0 Å². The van der Waals surface area contributed by atoms with Crippen LogP contribution in [0.4, 0.5) is 8.78 Å². The molecule has 0 radical (unpaired) electrons. The van der Waals surface area contributed by atoms with Crippen LogP contribution >= 0.6 is 22.9 Å². The van der Waals surface area contributed by atoms with Crippen LogP contribution in [0.1, 0.15) is 11.3 Å². The molecule has 1 atom stereocenters. The van der Waals surface area contributed by atoms with E-state index in [2.05, 4.69) is 11.6 Å². The predicted octanol–water partition coefficient (Wildman–Crippen LogP) is 2.87. The Kier molecular flexibility index (Phi) is 3.64. The van der Waals surface area contributed by atoms with Gasteiger partial charge >= 0.3 is 5.38 Å². The highest BCUT2D eigenvalue weighted by molar-refractivity contribution is 7.09. The van der Waals surface area contributed by atoms with Crippen LogP contribution in [0, 0.1) is 0 Å². The topological polar surface area (TPSA) is 20.2 Å². The first-order valence-corrected chi connectivity index (χ1v) is 5.03. The third-order valence-corrected chi connectivity index (χ3v) is 2.81. The first kappa shape index (κ1) is 10.9. The lowest BCUT2D eigenvalue weighted by atomic mass is 10.2. The molecule has 1 nitrogen and oxygen atoms in total. The van der Waals surface area contributed by atoms with Gasteiger partial charge in [0, 0.05) is 4.88 Å². The number of rotatable bonds is 4. The van der Waals surface area contributed by atoms with Gasteiger partial charge in [-0.05, 0) is 35.9 Å². The van der Waals surface area contributed by atoms with Crippen molar-refractivity contribution in [3.63, 3.8) is 0 Å². The van der Waals surface area contributed by atoms with Crippen molar-refractivity contribution in [2.24, 2.45) is 0 Å². The summed E-state index contributed by atoms with van der Waals surface area (Å²) in [6, 6.07) is 3.68. The average molecular weight is 227 g/mol. The molecule has 1 heterocycles. The van der Waals surface area contributed by atoms with E-state index in [1.807, 2.05) is 17.5 Å². The van der Waals surface area contributed by atoms with E-state index in [9.17, 15) is 8.78 Å². The molecule has 0 aliphatic carbocycles. The minimum absolute atomic E-state index is 0.0169. The molecule has 0 spiro atoms. The van der Waals surface area contributed by atoms with Gasteiger partial charge in [-0.25, -0.2) is 0 Å². The molecule has 74 valence electrons. The molecule has 1 aromatic rings. The van der Waals surface area contributed by atoms with Crippen LogP contribution in [-0.4, -0.2) is 16.6 Å². The van der Waals surface area contributed by atoms with Crippen molar-refractivity contribution < 1.29 is 13.9 Å². The highest BCUT2D eigenvalue weighted by atomic mass is 35.5. The van der Waals surface area contributed by atoms with Crippen LogP contribution < -0.4 is 0 Å². The number of thiophene rings is 1. The van der Waals surface area contributed by atoms with Gasteiger partial charge in [-0.1, -0.05) is 6.07 Å². The largest absolute Gasteiger partial charge is 0.385 e. The number of aliphatic hydroxyl groups excluding tert-OH is 1. The van der Waals surface area contributed by atoms with Gasteiger partial charge in [0.05, 0.1) is 0 Å². The van der Waals surface area contributed by atoms with E-state index < -0.39 is 11.5 Å². The van der Waals surface area contributed by atoms with Gasteiger partial charge in [-0.3, -0.25) is 0 Å². The van der Waals surface area contributed by atoms with Crippen molar-refractivity contribution in [2.45, 2.75) is 24.3 Å². The third kappa shape index (κ3) is 3.58. The lowest BCUT2D eigenvalue weighted by Gasteiger charge is -2.14. The first-order chi connectivity index (χ1) is 6.00. The van der Waals surface area contributed by atoms with Crippen molar-refractivity contribution in [2.75, 3.05) is 0 Å². The van der Waals surface area contributed by atoms with E-state index in [4.69, 9.17) is 5.11 Å². The standard InChI is InChI=1S/C8H9ClF2OS/c9-8(10,11)7(12)4-3-6-2-1-5-13-6/h1-2,5,7,12H,3-4H2. The minimum atomic E-state index is -3.52. The molecule has 0 aromatic carbocycles. The quantitative estimate of drug-likeness (QED) is 0.783. The second kappa shape index (κ2) is 4.35. The van der Waals surface area contributed by atoms with Crippen LogP contribution in [-0.2, 0) is 6.42 Å². The first-order valence-electron chi connectivity index (χ1n) is 3.77. The fourth-order valence-electron chi connectivity index (χ4n) is 0.897. The third-order valence-electron chi connectivity index (χ3n) is 1.62. The normalized spacial score (nSPS) is 14.5. The molecule has 0 amide bonds. The Bertz CT molecular complexity index is 245. The molecule has 0 aliphatic heterocycles. The van der Waals surface area contributed by atoms with Gasteiger partial charge in [0.15, 0.2) is 0 Å². The Morgan fingerprint density at radius 2 is 2.31 bits per heavy atom. The highest BCUT2D eigenvalue weighted by Crippen LogP contribution is 2.26. The van der Waals surface area contributed by atoms with Gasteiger partial charge in [0.1, 0.15) is 6.10 Å². The van der Waals surface area contributed by atoms with Crippen molar-refractivity contribution in [1.82, 2.24) is 0 Å². The molecule has 1 N–H and O–H groups in total. The average Bonchev–Trinajstić information content (AvgIpc) is 2.50. The molecule has 1 unspecified atom stereocenters. The van der Waals surface area contributed by atoms with E-state index in [-0.39, 0.29) is 6.42 Å². The van der Waals surface area contributed by atoms with Crippen LogP contribution in [0.25, 0.3) is 0 Å². The molecule has 5 heteroatoms. The second-order valence-electron chi connectivity index (χ2n) is 2.68. The van der Waals surface area contributed by atoms with E-state index in [1.54, 1.807) is 0 Å². The summed E-state index contributed by atoms with van der Waals surface area (Å²) in [6.45, 7) is 0. The lowest BCUT2D eigenvalue weighted by Crippen LogP contribution is -2.27. The summed E-state index contributed by atoms with van der Waals surface area (Å²) in [5.74, 6) is 0. The van der Waals surface area contributed by atoms with E-state index >= 15 is 0 Å². The summed E-state index contributed by atoms with van der Waals surface area (Å²) in [7, 11) is 0. The Balaban J connectivity index is 2.35. The maximum absolute atomic E-state index is 12.3. The molecule has 0 aliphatic rings. The lowest BCUT2D eigenvalue weighted by molar-refractivity contribution is -0.0439. The molecule has 13 heavy (non-hydrogen) atoms.